The van der Waals surface area contributed by atoms with Gasteiger partial charge in [-0.15, -0.1) is 5.10 Å². The topological polar surface area (TPSA) is 79.8 Å². The van der Waals surface area contributed by atoms with Gasteiger partial charge in [0.2, 0.25) is 5.91 Å². The first-order valence-corrected chi connectivity index (χ1v) is 9.55. The van der Waals surface area contributed by atoms with E-state index in [0.717, 1.165) is 12.8 Å². The fourth-order valence-electron chi connectivity index (χ4n) is 2.42. The number of hydrogen-bond donors (Lipinski definition) is 2. The summed E-state index contributed by atoms with van der Waals surface area (Å²) in [6, 6.07) is 10.1. The number of nitrogens with one attached hydrogen (secondary N) is 2. The maximum absolute atomic E-state index is 12.4. The third-order valence-electron chi connectivity index (χ3n) is 4.06. The Balaban J connectivity index is 1.89. The van der Waals surface area contributed by atoms with Crippen LogP contribution in [0.15, 0.2) is 40.3 Å². The molecule has 136 valence electrons. The van der Waals surface area contributed by atoms with Gasteiger partial charge in [0, 0.05) is 13.1 Å². The van der Waals surface area contributed by atoms with Crippen LogP contribution in [0.4, 0.5) is 0 Å². The maximum Gasteiger partial charge on any atom is 0.343 e. The van der Waals surface area contributed by atoms with Crippen molar-refractivity contribution in [3.8, 4) is 0 Å². The minimum Gasteiger partial charge on any atom is -0.355 e. The molecule has 0 fully saturated rings. The highest BCUT2D eigenvalue weighted by molar-refractivity contribution is 8.00. The molecule has 2 atom stereocenters. The second kappa shape index (κ2) is 9.46. The quantitative estimate of drug-likeness (QED) is 0.672. The van der Waals surface area contributed by atoms with Gasteiger partial charge in [0.05, 0.1) is 5.25 Å². The highest BCUT2D eigenvalue weighted by Gasteiger charge is 2.19. The van der Waals surface area contributed by atoms with Gasteiger partial charge in [-0.1, -0.05) is 62.4 Å². The number of nitrogens with zero attached hydrogens (tertiary/aromatic N) is 2. The third kappa shape index (κ3) is 5.49. The zero-order valence-corrected chi connectivity index (χ0v) is 15.8. The zero-order valence-electron chi connectivity index (χ0n) is 15.0. The van der Waals surface area contributed by atoms with Crippen LogP contribution in [-0.2, 0) is 11.3 Å². The third-order valence-corrected chi connectivity index (χ3v) is 5.15. The lowest BCUT2D eigenvalue weighted by Gasteiger charge is -2.16. The van der Waals surface area contributed by atoms with Gasteiger partial charge >= 0.3 is 5.69 Å². The summed E-state index contributed by atoms with van der Waals surface area (Å²) < 4.78 is 1.60. The van der Waals surface area contributed by atoms with Crippen molar-refractivity contribution in [2.45, 2.75) is 56.5 Å². The molecule has 0 radical (unpaired) electrons. The summed E-state index contributed by atoms with van der Waals surface area (Å²) >= 11 is 1.31. The highest BCUT2D eigenvalue weighted by atomic mass is 32.2. The number of H-pyrrole nitrogens is 1. The molecule has 1 heterocycles. The summed E-state index contributed by atoms with van der Waals surface area (Å²) in [7, 11) is 0. The lowest BCUT2D eigenvalue weighted by molar-refractivity contribution is -0.120. The summed E-state index contributed by atoms with van der Waals surface area (Å²) in [6.07, 6.45) is 1.90. The Morgan fingerprint density at radius 2 is 2.04 bits per heavy atom. The zero-order chi connectivity index (χ0) is 18.2. The van der Waals surface area contributed by atoms with Crippen molar-refractivity contribution < 1.29 is 4.79 Å². The Hall–Kier alpha value is -2.02. The van der Waals surface area contributed by atoms with Crippen LogP contribution in [-0.4, -0.2) is 32.5 Å². The van der Waals surface area contributed by atoms with Gasteiger partial charge < -0.3 is 5.32 Å². The van der Waals surface area contributed by atoms with Crippen LogP contribution in [0, 0.1) is 0 Å². The van der Waals surface area contributed by atoms with Gasteiger partial charge in [0.25, 0.3) is 0 Å². The SMILES string of the molecule is CCCCn1c(SC(C)C(=O)NCC(C)c2ccccc2)n[nH]c1=O. The first-order valence-electron chi connectivity index (χ1n) is 8.67. The largest absolute Gasteiger partial charge is 0.355 e. The van der Waals surface area contributed by atoms with Crippen LogP contribution in [0.2, 0.25) is 0 Å². The average molecular weight is 362 g/mol. The van der Waals surface area contributed by atoms with Crippen LogP contribution in [0.5, 0.6) is 0 Å². The van der Waals surface area contributed by atoms with Crippen molar-refractivity contribution in [1.29, 1.82) is 0 Å². The molecule has 0 saturated heterocycles. The van der Waals surface area contributed by atoms with Gasteiger partial charge in [-0.25, -0.2) is 9.89 Å². The predicted octanol–water partition coefficient (Wildman–Crippen LogP) is 2.77. The average Bonchev–Trinajstić information content (AvgIpc) is 2.97. The number of unbranched alkanes of at least 4 members (excludes halogenated alkanes) is 1. The summed E-state index contributed by atoms with van der Waals surface area (Å²) in [4.78, 5) is 24.2. The Kier molecular flexibility index (Phi) is 7.31. The van der Waals surface area contributed by atoms with E-state index in [1.807, 2.05) is 25.1 Å². The van der Waals surface area contributed by atoms with E-state index in [0.29, 0.717) is 18.2 Å². The van der Waals surface area contributed by atoms with E-state index in [2.05, 4.69) is 41.5 Å². The van der Waals surface area contributed by atoms with Gasteiger partial charge in [-0.05, 0) is 24.8 Å². The molecule has 0 aliphatic rings. The first-order chi connectivity index (χ1) is 12.0. The predicted molar refractivity (Wildman–Crippen MR) is 101 cm³/mol. The van der Waals surface area contributed by atoms with Gasteiger partial charge in [-0.2, -0.15) is 0 Å². The molecule has 25 heavy (non-hydrogen) atoms. The van der Waals surface area contributed by atoms with Gasteiger partial charge in [0.1, 0.15) is 0 Å². The van der Waals surface area contributed by atoms with Crippen molar-refractivity contribution in [2.24, 2.45) is 0 Å². The van der Waals surface area contributed by atoms with Crippen LogP contribution < -0.4 is 11.0 Å². The smallest absolute Gasteiger partial charge is 0.343 e. The molecule has 7 heteroatoms. The number of thioether (sulfide) groups is 1. The fourth-order valence-corrected chi connectivity index (χ4v) is 3.32. The van der Waals surface area contributed by atoms with E-state index >= 15 is 0 Å². The van der Waals surface area contributed by atoms with E-state index in [1.165, 1.54) is 17.3 Å². The fraction of sp³-hybridized carbons (Fsp3) is 0.500. The highest BCUT2D eigenvalue weighted by Crippen LogP contribution is 2.20. The molecule has 6 nitrogen and oxygen atoms in total. The molecule has 1 amide bonds. The van der Waals surface area contributed by atoms with E-state index in [1.54, 1.807) is 4.57 Å². The molecular formula is C18H26N4O2S. The number of hydrogen-bond acceptors (Lipinski definition) is 4. The molecule has 2 N–H and O–H groups in total. The Bertz CT molecular complexity index is 726. The van der Waals surface area contributed by atoms with Gasteiger partial charge in [-0.3, -0.25) is 9.36 Å². The van der Waals surface area contributed by atoms with Crippen molar-refractivity contribution in [1.82, 2.24) is 20.1 Å². The number of carbonyl (C=O) groups excluding carboxylic acids is 1. The standard InChI is InChI=1S/C18H26N4O2S/c1-4-5-11-22-17(24)20-21-18(22)25-14(3)16(23)19-12-13(2)15-9-7-6-8-10-15/h6-10,13-14H,4-5,11-12H2,1-3H3,(H,19,23)(H,20,24). The molecule has 0 aliphatic carbocycles. The Labute approximate surface area is 152 Å². The van der Waals surface area contributed by atoms with Crippen LogP contribution in [0.1, 0.15) is 45.1 Å². The second-order valence-corrected chi connectivity index (χ2v) is 7.44. The maximum atomic E-state index is 12.4. The Morgan fingerprint density at radius 1 is 1.32 bits per heavy atom. The van der Waals surface area contributed by atoms with Crippen molar-refractivity contribution in [3.63, 3.8) is 0 Å². The minimum atomic E-state index is -0.321. The van der Waals surface area contributed by atoms with Crippen LogP contribution >= 0.6 is 11.8 Å². The molecule has 1 aromatic heterocycles. The number of amides is 1. The summed E-state index contributed by atoms with van der Waals surface area (Å²) in [5, 5.41) is 9.74. The van der Waals surface area contributed by atoms with Gasteiger partial charge in [0.15, 0.2) is 5.16 Å². The number of benzene rings is 1. The first kappa shape index (κ1) is 19.3. The number of aromatic nitrogens is 3. The molecule has 2 unspecified atom stereocenters. The molecule has 0 spiro atoms. The molecule has 1 aromatic carbocycles. The number of carbonyl (C=O) groups is 1. The molecule has 0 aliphatic heterocycles. The second-order valence-electron chi connectivity index (χ2n) is 6.13. The van der Waals surface area contributed by atoms with Crippen molar-refractivity contribution in [2.75, 3.05) is 6.54 Å². The normalized spacial score (nSPS) is 13.4. The molecule has 0 saturated carbocycles. The lowest BCUT2D eigenvalue weighted by Crippen LogP contribution is -2.33. The summed E-state index contributed by atoms with van der Waals surface area (Å²) in [5.41, 5.74) is 0.977. The Morgan fingerprint density at radius 3 is 2.72 bits per heavy atom. The van der Waals surface area contributed by atoms with E-state index in [4.69, 9.17) is 0 Å². The molecule has 2 aromatic rings. The molecular weight excluding hydrogens is 336 g/mol. The van der Waals surface area contributed by atoms with Crippen LogP contribution in [0.25, 0.3) is 0 Å². The van der Waals surface area contributed by atoms with E-state index < -0.39 is 0 Å². The monoisotopic (exact) mass is 362 g/mol. The molecule has 2 rings (SSSR count). The van der Waals surface area contributed by atoms with E-state index in [9.17, 15) is 9.59 Å². The molecule has 0 bridgehead atoms. The van der Waals surface area contributed by atoms with Crippen molar-refractivity contribution in [3.05, 3.63) is 46.4 Å². The minimum absolute atomic E-state index is 0.0507. The van der Waals surface area contributed by atoms with Crippen molar-refractivity contribution >= 4 is 17.7 Å². The summed E-state index contributed by atoms with van der Waals surface area (Å²) in [5.74, 6) is 0.195. The summed E-state index contributed by atoms with van der Waals surface area (Å²) in [6.45, 7) is 7.19. The van der Waals surface area contributed by atoms with E-state index in [-0.39, 0.29) is 22.8 Å². The number of aromatic amines is 1. The number of rotatable bonds is 9. The van der Waals surface area contributed by atoms with Crippen LogP contribution in [0.3, 0.4) is 0 Å². The lowest BCUT2D eigenvalue weighted by atomic mass is 10.0.